The van der Waals surface area contributed by atoms with Gasteiger partial charge in [-0.15, -0.1) is 0 Å². The van der Waals surface area contributed by atoms with E-state index in [0.717, 1.165) is 0 Å². The molecule has 98 valence electrons. The fourth-order valence-electron chi connectivity index (χ4n) is 2.05. The van der Waals surface area contributed by atoms with Crippen LogP contribution >= 0.6 is 0 Å². The zero-order valence-electron chi connectivity index (χ0n) is 10.8. The lowest BCUT2D eigenvalue weighted by atomic mass is 9.94. The predicted octanol–water partition coefficient (Wildman–Crippen LogP) is 0.610. The van der Waals surface area contributed by atoms with E-state index in [1.807, 2.05) is 6.92 Å². The van der Waals surface area contributed by atoms with Crippen LogP contribution in [0.5, 0.6) is 0 Å². The van der Waals surface area contributed by atoms with Crippen molar-refractivity contribution in [2.24, 2.45) is 0 Å². The van der Waals surface area contributed by atoms with Gasteiger partial charge in [-0.25, -0.2) is 0 Å². The van der Waals surface area contributed by atoms with Crippen LogP contribution in [0.25, 0.3) is 0 Å². The van der Waals surface area contributed by atoms with E-state index in [4.69, 9.17) is 4.52 Å². The smallest absolute Gasteiger partial charge is 0.248 e. The fourth-order valence-corrected chi connectivity index (χ4v) is 2.05. The Morgan fingerprint density at radius 2 is 2.28 bits per heavy atom. The van der Waals surface area contributed by atoms with Gasteiger partial charge in [-0.1, -0.05) is 12.1 Å². The van der Waals surface area contributed by atoms with Crippen LogP contribution in [0.2, 0.25) is 0 Å². The minimum Gasteiger partial charge on any atom is -0.361 e. The molecule has 2 amide bonds. The number of nitrogens with one attached hydrogen (secondary N) is 1. The van der Waals surface area contributed by atoms with Crippen LogP contribution in [0.1, 0.15) is 31.7 Å². The van der Waals surface area contributed by atoms with Gasteiger partial charge in [-0.3, -0.25) is 9.59 Å². The first-order valence-corrected chi connectivity index (χ1v) is 5.97. The first-order valence-electron chi connectivity index (χ1n) is 5.97. The molecule has 1 atom stereocenters. The standard InChI is InChI=1S/C12H17N3O3/c1-4-12(3)11(17)15(7-10(16)13-12)6-9-5-8(2)18-14-9/h5H,4,6-7H2,1-3H3,(H,13,16). The van der Waals surface area contributed by atoms with E-state index in [1.54, 1.807) is 19.9 Å². The molecule has 1 aliphatic heterocycles. The summed E-state index contributed by atoms with van der Waals surface area (Å²) in [5.41, 5.74) is -0.150. The van der Waals surface area contributed by atoms with Crippen molar-refractivity contribution >= 4 is 11.8 Å². The SMILES string of the molecule is CCC1(C)NC(=O)CN(Cc2cc(C)on2)C1=O. The summed E-state index contributed by atoms with van der Waals surface area (Å²) >= 11 is 0. The lowest BCUT2D eigenvalue weighted by Gasteiger charge is -2.38. The summed E-state index contributed by atoms with van der Waals surface area (Å²) in [5, 5.41) is 6.58. The second-order valence-electron chi connectivity index (χ2n) is 4.82. The highest BCUT2D eigenvalue weighted by Crippen LogP contribution is 2.19. The van der Waals surface area contributed by atoms with E-state index < -0.39 is 5.54 Å². The van der Waals surface area contributed by atoms with Crippen LogP contribution < -0.4 is 5.32 Å². The van der Waals surface area contributed by atoms with Crippen molar-refractivity contribution in [2.45, 2.75) is 39.3 Å². The molecular weight excluding hydrogens is 234 g/mol. The van der Waals surface area contributed by atoms with Crippen molar-refractivity contribution in [3.63, 3.8) is 0 Å². The maximum absolute atomic E-state index is 12.3. The quantitative estimate of drug-likeness (QED) is 0.854. The Labute approximate surface area is 105 Å². The maximum Gasteiger partial charge on any atom is 0.248 e. The summed E-state index contributed by atoms with van der Waals surface area (Å²) in [7, 11) is 0. The average molecular weight is 251 g/mol. The van der Waals surface area contributed by atoms with Crippen molar-refractivity contribution < 1.29 is 14.1 Å². The van der Waals surface area contributed by atoms with E-state index in [0.29, 0.717) is 24.4 Å². The molecule has 2 rings (SSSR count). The number of nitrogens with zero attached hydrogens (tertiary/aromatic N) is 2. The number of aryl methyl sites for hydroxylation is 1. The minimum absolute atomic E-state index is 0.0698. The van der Waals surface area contributed by atoms with E-state index in [-0.39, 0.29) is 18.4 Å². The van der Waals surface area contributed by atoms with Gasteiger partial charge in [0.2, 0.25) is 11.8 Å². The number of amides is 2. The molecule has 1 aromatic rings. The van der Waals surface area contributed by atoms with Crippen LogP contribution in [0, 0.1) is 6.92 Å². The van der Waals surface area contributed by atoms with Crippen LogP contribution in [0.3, 0.4) is 0 Å². The van der Waals surface area contributed by atoms with Crippen molar-refractivity contribution in [1.29, 1.82) is 0 Å². The molecule has 0 aliphatic carbocycles. The third-order valence-electron chi connectivity index (χ3n) is 3.25. The molecule has 1 aromatic heterocycles. The van der Waals surface area contributed by atoms with Crippen LogP contribution in [-0.2, 0) is 16.1 Å². The topological polar surface area (TPSA) is 75.4 Å². The number of hydrogen-bond donors (Lipinski definition) is 1. The third kappa shape index (κ3) is 2.23. The summed E-state index contributed by atoms with van der Waals surface area (Å²) in [5.74, 6) is 0.474. The van der Waals surface area contributed by atoms with E-state index in [1.165, 1.54) is 4.90 Å². The second kappa shape index (κ2) is 4.44. The fraction of sp³-hybridized carbons (Fsp3) is 0.583. The second-order valence-corrected chi connectivity index (χ2v) is 4.82. The molecule has 0 saturated carbocycles. The number of rotatable bonds is 3. The highest BCUT2D eigenvalue weighted by Gasteiger charge is 2.41. The summed E-state index contributed by atoms with van der Waals surface area (Å²) < 4.78 is 4.96. The van der Waals surface area contributed by atoms with Gasteiger partial charge in [0.25, 0.3) is 0 Å². The average Bonchev–Trinajstić information content (AvgIpc) is 2.71. The molecule has 2 heterocycles. The summed E-state index contributed by atoms with van der Waals surface area (Å²) in [4.78, 5) is 25.4. The summed E-state index contributed by atoms with van der Waals surface area (Å²) in [6, 6.07) is 1.77. The monoisotopic (exact) mass is 251 g/mol. The number of carbonyl (C=O) groups is 2. The van der Waals surface area contributed by atoms with Crippen LogP contribution in [0.15, 0.2) is 10.6 Å². The van der Waals surface area contributed by atoms with Gasteiger partial charge in [0, 0.05) is 6.07 Å². The normalized spacial score (nSPS) is 24.3. The Balaban J connectivity index is 2.17. The highest BCUT2D eigenvalue weighted by atomic mass is 16.5. The van der Waals surface area contributed by atoms with Gasteiger partial charge in [0.1, 0.15) is 23.5 Å². The van der Waals surface area contributed by atoms with E-state index in [2.05, 4.69) is 10.5 Å². The van der Waals surface area contributed by atoms with E-state index in [9.17, 15) is 9.59 Å². The predicted molar refractivity (Wildman–Crippen MR) is 63.5 cm³/mol. The molecule has 0 radical (unpaired) electrons. The largest absolute Gasteiger partial charge is 0.361 e. The Kier molecular flexibility index (Phi) is 3.11. The van der Waals surface area contributed by atoms with Crippen molar-refractivity contribution in [2.75, 3.05) is 6.54 Å². The molecule has 18 heavy (non-hydrogen) atoms. The van der Waals surface area contributed by atoms with Crippen molar-refractivity contribution in [3.8, 4) is 0 Å². The molecular formula is C12H17N3O3. The minimum atomic E-state index is -0.811. The molecule has 1 unspecified atom stereocenters. The Morgan fingerprint density at radius 3 is 2.83 bits per heavy atom. The highest BCUT2D eigenvalue weighted by molar-refractivity contribution is 5.97. The molecule has 1 aliphatic rings. The number of carbonyl (C=O) groups excluding carboxylic acids is 2. The zero-order valence-corrected chi connectivity index (χ0v) is 10.8. The molecule has 0 aromatic carbocycles. The van der Waals surface area contributed by atoms with Crippen LogP contribution in [0.4, 0.5) is 0 Å². The van der Waals surface area contributed by atoms with Gasteiger partial charge < -0.3 is 14.7 Å². The lowest BCUT2D eigenvalue weighted by molar-refractivity contribution is -0.150. The third-order valence-corrected chi connectivity index (χ3v) is 3.25. The molecule has 1 N–H and O–H groups in total. The van der Waals surface area contributed by atoms with Gasteiger partial charge in [-0.05, 0) is 20.3 Å². The molecule has 0 bridgehead atoms. The van der Waals surface area contributed by atoms with Gasteiger partial charge in [0.15, 0.2) is 0 Å². The molecule has 6 heteroatoms. The first kappa shape index (κ1) is 12.6. The molecule has 1 saturated heterocycles. The van der Waals surface area contributed by atoms with Gasteiger partial charge in [-0.2, -0.15) is 0 Å². The van der Waals surface area contributed by atoms with Crippen molar-refractivity contribution in [1.82, 2.24) is 15.4 Å². The molecule has 6 nitrogen and oxygen atoms in total. The van der Waals surface area contributed by atoms with Crippen LogP contribution in [-0.4, -0.2) is 34.0 Å². The molecule has 1 fully saturated rings. The maximum atomic E-state index is 12.3. The Hall–Kier alpha value is -1.85. The zero-order chi connectivity index (χ0) is 13.3. The number of aromatic nitrogens is 1. The number of piperazine rings is 1. The van der Waals surface area contributed by atoms with Gasteiger partial charge in [0.05, 0.1) is 6.54 Å². The Bertz CT molecular complexity index is 483. The summed E-state index contributed by atoms with van der Waals surface area (Å²) in [6.45, 7) is 5.78. The first-order chi connectivity index (χ1) is 8.44. The van der Waals surface area contributed by atoms with Gasteiger partial charge >= 0.3 is 0 Å². The number of hydrogen-bond acceptors (Lipinski definition) is 4. The molecule has 0 spiro atoms. The lowest BCUT2D eigenvalue weighted by Crippen LogP contribution is -2.64. The Morgan fingerprint density at radius 1 is 1.56 bits per heavy atom. The van der Waals surface area contributed by atoms with E-state index >= 15 is 0 Å². The summed E-state index contributed by atoms with van der Waals surface area (Å²) in [6.07, 6.45) is 0.561. The van der Waals surface area contributed by atoms with Crippen molar-refractivity contribution in [3.05, 3.63) is 17.5 Å².